The Morgan fingerprint density at radius 1 is 1.56 bits per heavy atom. The quantitative estimate of drug-likeness (QED) is 0.738. The summed E-state index contributed by atoms with van der Waals surface area (Å²) in [5.74, 6) is 0.950. The van der Waals surface area contributed by atoms with E-state index in [1.54, 1.807) is 0 Å². The van der Waals surface area contributed by atoms with Crippen LogP contribution in [0.2, 0.25) is 0 Å². The number of piperidine rings is 1. The minimum Gasteiger partial charge on any atom is -0.341 e. The van der Waals surface area contributed by atoms with E-state index in [0.29, 0.717) is 12.5 Å². The van der Waals surface area contributed by atoms with E-state index < -0.39 is 0 Å². The van der Waals surface area contributed by atoms with Crippen molar-refractivity contribution in [2.75, 3.05) is 46.8 Å². The second kappa shape index (κ2) is 6.86. The van der Waals surface area contributed by atoms with Crippen LogP contribution in [0.25, 0.3) is 0 Å². The molecule has 1 rings (SSSR count). The smallest absolute Gasteiger partial charge is 0.236 e. The Labute approximate surface area is 99.0 Å². The van der Waals surface area contributed by atoms with Crippen LogP contribution < -0.4 is 5.32 Å². The van der Waals surface area contributed by atoms with Crippen molar-refractivity contribution in [1.82, 2.24) is 15.1 Å². The van der Waals surface area contributed by atoms with Crippen LogP contribution in [0.4, 0.5) is 0 Å². The van der Waals surface area contributed by atoms with E-state index in [1.807, 2.05) is 19.0 Å². The lowest BCUT2D eigenvalue weighted by molar-refractivity contribution is -0.133. The third-order valence-electron chi connectivity index (χ3n) is 3.16. The molecule has 0 saturated carbocycles. The minimum atomic E-state index is 0.283. The average molecular weight is 227 g/mol. The molecule has 0 bridgehead atoms. The van der Waals surface area contributed by atoms with Gasteiger partial charge in [-0.1, -0.05) is 6.92 Å². The van der Waals surface area contributed by atoms with E-state index in [1.165, 1.54) is 6.42 Å². The molecule has 1 amide bonds. The summed E-state index contributed by atoms with van der Waals surface area (Å²) < 4.78 is 0. The zero-order chi connectivity index (χ0) is 12.0. The number of hydrogen-bond acceptors (Lipinski definition) is 3. The second-order valence-corrected chi connectivity index (χ2v) is 4.93. The lowest BCUT2D eigenvalue weighted by Crippen LogP contribution is -2.44. The fraction of sp³-hybridized carbons (Fsp3) is 0.917. The summed E-state index contributed by atoms with van der Waals surface area (Å²) in [7, 11) is 3.94. The minimum absolute atomic E-state index is 0.283. The van der Waals surface area contributed by atoms with E-state index in [2.05, 4.69) is 17.1 Å². The third kappa shape index (κ3) is 4.49. The highest BCUT2D eigenvalue weighted by Crippen LogP contribution is 2.15. The number of likely N-dealkylation sites (tertiary alicyclic amines) is 1. The highest BCUT2D eigenvalue weighted by molar-refractivity contribution is 5.78. The van der Waals surface area contributed by atoms with Crippen LogP contribution in [0.3, 0.4) is 0 Å². The second-order valence-electron chi connectivity index (χ2n) is 4.93. The van der Waals surface area contributed by atoms with Gasteiger partial charge in [0.15, 0.2) is 0 Å². The molecule has 0 aromatic rings. The zero-order valence-corrected chi connectivity index (χ0v) is 10.8. The Morgan fingerprint density at radius 3 is 2.94 bits per heavy atom. The molecule has 1 N–H and O–H groups in total. The van der Waals surface area contributed by atoms with Gasteiger partial charge in [-0.05, 0) is 32.9 Å². The maximum atomic E-state index is 12.0. The Morgan fingerprint density at radius 2 is 2.31 bits per heavy atom. The van der Waals surface area contributed by atoms with Crippen molar-refractivity contribution >= 4 is 5.91 Å². The highest BCUT2D eigenvalue weighted by atomic mass is 16.2. The van der Waals surface area contributed by atoms with Gasteiger partial charge >= 0.3 is 0 Å². The van der Waals surface area contributed by atoms with Gasteiger partial charge < -0.3 is 10.2 Å². The third-order valence-corrected chi connectivity index (χ3v) is 3.16. The normalized spacial score (nSPS) is 21.5. The Kier molecular flexibility index (Phi) is 5.77. The number of rotatable bonds is 5. The van der Waals surface area contributed by atoms with Crippen LogP contribution in [0.15, 0.2) is 0 Å². The number of hydrogen-bond donors (Lipinski definition) is 1. The van der Waals surface area contributed by atoms with Gasteiger partial charge in [-0.25, -0.2) is 0 Å². The molecule has 1 aliphatic heterocycles. The molecule has 1 aliphatic rings. The molecule has 0 radical (unpaired) electrons. The Balaban J connectivity index is 2.27. The maximum absolute atomic E-state index is 12.0. The molecular weight excluding hydrogens is 202 g/mol. The lowest BCUT2D eigenvalue weighted by Gasteiger charge is -2.32. The summed E-state index contributed by atoms with van der Waals surface area (Å²) in [6, 6.07) is 0. The number of amides is 1. The Hall–Kier alpha value is -0.610. The molecule has 1 saturated heterocycles. The van der Waals surface area contributed by atoms with E-state index in [-0.39, 0.29) is 5.91 Å². The monoisotopic (exact) mass is 227 g/mol. The van der Waals surface area contributed by atoms with Crippen LogP contribution in [0.5, 0.6) is 0 Å². The van der Waals surface area contributed by atoms with E-state index in [4.69, 9.17) is 0 Å². The number of nitrogens with one attached hydrogen (secondary N) is 1. The summed E-state index contributed by atoms with van der Waals surface area (Å²) in [6.45, 7) is 6.52. The summed E-state index contributed by atoms with van der Waals surface area (Å²) in [4.78, 5) is 16.1. The number of carbonyl (C=O) groups is 1. The molecule has 94 valence electrons. The Bertz CT molecular complexity index is 220. The largest absolute Gasteiger partial charge is 0.341 e. The van der Waals surface area contributed by atoms with Gasteiger partial charge in [-0.15, -0.1) is 0 Å². The SMILES string of the molecule is CNCCN(C)CC(=O)N1CCCC(C)C1. The van der Waals surface area contributed by atoms with Gasteiger partial charge in [0.1, 0.15) is 0 Å². The molecule has 0 aromatic carbocycles. The van der Waals surface area contributed by atoms with Crippen molar-refractivity contribution in [3.63, 3.8) is 0 Å². The standard InChI is InChI=1S/C12H25N3O/c1-11-5-4-7-15(9-11)12(16)10-14(3)8-6-13-2/h11,13H,4-10H2,1-3H3. The van der Waals surface area contributed by atoms with Gasteiger partial charge in [0.05, 0.1) is 6.54 Å². The number of nitrogens with zero attached hydrogens (tertiary/aromatic N) is 2. The predicted molar refractivity (Wildman–Crippen MR) is 66.4 cm³/mol. The van der Waals surface area contributed by atoms with Crippen LogP contribution in [-0.2, 0) is 4.79 Å². The fourth-order valence-electron chi connectivity index (χ4n) is 2.13. The number of likely N-dealkylation sites (N-methyl/N-ethyl adjacent to an activating group) is 2. The predicted octanol–water partition coefficient (Wildman–Crippen LogP) is 0.396. The molecule has 0 aliphatic carbocycles. The van der Waals surface area contributed by atoms with E-state index in [9.17, 15) is 4.79 Å². The van der Waals surface area contributed by atoms with Gasteiger partial charge in [-0.2, -0.15) is 0 Å². The molecule has 4 nitrogen and oxygen atoms in total. The highest BCUT2D eigenvalue weighted by Gasteiger charge is 2.21. The zero-order valence-electron chi connectivity index (χ0n) is 10.8. The van der Waals surface area contributed by atoms with Crippen molar-refractivity contribution in [2.24, 2.45) is 5.92 Å². The van der Waals surface area contributed by atoms with Crippen LogP contribution in [0.1, 0.15) is 19.8 Å². The van der Waals surface area contributed by atoms with Crippen LogP contribution in [-0.4, -0.2) is 62.5 Å². The van der Waals surface area contributed by atoms with Crippen molar-refractivity contribution in [3.8, 4) is 0 Å². The topological polar surface area (TPSA) is 35.6 Å². The summed E-state index contributed by atoms with van der Waals surface area (Å²) in [5.41, 5.74) is 0. The van der Waals surface area contributed by atoms with Crippen LogP contribution >= 0.6 is 0 Å². The molecule has 4 heteroatoms. The van der Waals surface area contributed by atoms with Crippen LogP contribution in [0, 0.1) is 5.92 Å². The first-order valence-corrected chi connectivity index (χ1v) is 6.24. The molecule has 0 spiro atoms. The van der Waals surface area contributed by atoms with Gasteiger partial charge in [0.25, 0.3) is 0 Å². The van der Waals surface area contributed by atoms with E-state index >= 15 is 0 Å². The summed E-state index contributed by atoms with van der Waals surface area (Å²) in [6.07, 6.45) is 2.42. The molecule has 1 atom stereocenters. The first-order chi connectivity index (χ1) is 7.63. The molecule has 16 heavy (non-hydrogen) atoms. The van der Waals surface area contributed by atoms with Crippen molar-refractivity contribution < 1.29 is 4.79 Å². The summed E-state index contributed by atoms with van der Waals surface area (Å²) >= 11 is 0. The fourth-order valence-corrected chi connectivity index (χ4v) is 2.13. The molecule has 1 heterocycles. The molecule has 1 unspecified atom stereocenters. The average Bonchev–Trinajstić information content (AvgIpc) is 2.26. The van der Waals surface area contributed by atoms with Gasteiger partial charge in [-0.3, -0.25) is 9.69 Å². The molecular formula is C12H25N3O. The van der Waals surface area contributed by atoms with Crippen molar-refractivity contribution in [2.45, 2.75) is 19.8 Å². The summed E-state index contributed by atoms with van der Waals surface area (Å²) in [5, 5.41) is 3.09. The first kappa shape index (κ1) is 13.5. The number of carbonyl (C=O) groups excluding carboxylic acids is 1. The van der Waals surface area contributed by atoms with E-state index in [0.717, 1.165) is 32.6 Å². The van der Waals surface area contributed by atoms with Crippen molar-refractivity contribution in [3.05, 3.63) is 0 Å². The van der Waals surface area contributed by atoms with Crippen molar-refractivity contribution in [1.29, 1.82) is 0 Å². The first-order valence-electron chi connectivity index (χ1n) is 6.24. The molecule has 0 aromatic heterocycles. The molecule has 1 fully saturated rings. The van der Waals surface area contributed by atoms with Gasteiger partial charge in [0.2, 0.25) is 5.91 Å². The lowest BCUT2D eigenvalue weighted by atomic mass is 10.0. The maximum Gasteiger partial charge on any atom is 0.236 e. The van der Waals surface area contributed by atoms with Gasteiger partial charge in [0, 0.05) is 26.2 Å².